The summed E-state index contributed by atoms with van der Waals surface area (Å²) in [5, 5.41) is 3.32. The molecule has 9 heteroatoms. The highest BCUT2D eigenvalue weighted by atomic mass is 32.2. The van der Waals surface area contributed by atoms with Gasteiger partial charge in [0.25, 0.3) is 0 Å². The molecule has 1 aliphatic rings. The Bertz CT molecular complexity index is 1160. The van der Waals surface area contributed by atoms with Crippen LogP contribution in [0.3, 0.4) is 0 Å². The Hall–Kier alpha value is -3.20. The predicted octanol–water partition coefficient (Wildman–Crippen LogP) is 5.82. The normalized spacial score (nSPS) is 14.0. The van der Waals surface area contributed by atoms with Crippen LogP contribution in [-0.4, -0.2) is 32.2 Å². The number of rotatable bonds is 10. The zero-order chi connectivity index (χ0) is 24.1. The molecule has 2 aromatic heterocycles. The monoisotopic (exact) mass is 481 g/mol. The molecule has 0 bridgehead atoms. The third-order valence-electron chi connectivity index (χ3n) is 5.25. The van der Waals surface area contributed by atoms with E-state index in [1.807, 2.05) is 26.8 Å². The van der Waals surface area contributed by atoms with Gasteiger partial charge in [-0.25, -0.2) is 14.4 Å². The first kappa shape index (κ1) is 23.9. The van der Waals surface area contributed by atoms with Crippen molar-refractivity contribution in [3.05, 3.63) is 60.4 Å². The average molecular weight is 482 g/mol. The van der Waals surface area contributed by atoms with Crippen molar-refractivity contribution in [2.45, 2.75) is 57.3 Å². The van der Waals surface area contributed by atoms with E-state index < -0.39 is 11.7 Å². The fraction of sp³-hybridized carbons (Fsp3) is 0.360. The molecule has 0 spiro atoms. The maximum absolute atomic E-state index is 14.9. The SMILES string of the molecule is CCC(C(=O)Nc1ccc(-c2cncc(OC(C)C)c2)cc1F)c1ccnc(NSC2CC2)n1. The number of pyridine rings is 1. The minimum Gasteiger partial charge on any atom is -0.489 e. The molecular formula is C25H28FN5O2S. The molecule has 4 rings (SSSR count). The van der Waals surface area contributed by atoms with Gasteiger partial charge in [0, 0.05) is 23.2 Å². The molecule has 0 aliphatic heterocycles. The molecule has 34 heavy (non-hydrogen) atoms. The van der Waals surface area contributed by atoms with Crippen LogP contribution in [0.15, 0.2) is 48.9 Å². The van der Waals surface area contributed by atoms with Crippen molar-refractivity contribution in [3.63, 3.8) is 0 Å². The molecule has 1 unspecified atom stereocenters. The van der Waals surface area contributed by atoms with E-state index >= 15 is 0 Å². The zero-order valence-corrected chi connectivity index (χ0v) is 20.2. The fourth-order valence-corrected chi connectivity index (χ4v) is 4.14. The zero-order valence-electron chi connectivity index (χ0n) is 19.4. The van der Waals surface area contributed by atoms with E-state index in [4.69, 9.17) is 4.74 Å². The third-order valence-corrected chi connectivity index (χ3v) is 6.35. The number of benzene rings is 1. The summed E-state index contributed by atoms with van der Waals surface area (Å²) in [7, 11) is 0. The van der Waals surface area contributed by atoms with Crippen LogP contribution in [0.5, 0.6) is 5.75 Å². The van der Waals surface area contributed by atoms with E-state index in [-0.39, 0.29) is 17.7 Å². The van der Waals surface area contributed by atoms with Gasteiger partial charge in [0.15, 0.2) is 0 Å². The summed E-state index contributed by atoms with van der Waals surface area (Å²) in [5.74, 6) is -0.272. The van der Waals surface area contributed by atoms with Gasteiger partial charge in [0.2, 0.25) is 11.9 Å². The minimum atomic E-state index is -0.526. The van der Waals surface area contributed by atoms with E-state index in [0.29, 0.717) is 34.6 Å². The molecule has 1 amide bonds. The van der Waals surface area contributed by atoms with Crippen molar-refractivity contribution < 1.29 is 13.9 Å². The lowest BCUT2D eigenvalue weighted by molar-refractivity contribution is -0.117. The molecule has 1 aliphatic carbocycles. The van der Waals surface area contributed by atoms with Gasteiger partial charge < -0.3 is 10.1 Å². The molecule has 1 aromatic carbocycles. The Kier molecular flexibility index (Phi) is 7.62. The fourth-order valence-electron chi connectivity index (χ4n) is 3.40. The Morgan fingerprint density at radius 2 is 2.03 bits per heavy atom. The topological polar surface area (TPSA) is 89.0 Å². The largest absolute Gasteiger partial charge is 0.489 e. The molecule has 1 atom stereocenters. The van der Waals surface area contributed by atoms with E-state index in [2.05, 4.69) is 25.0 Å². The molecule has 178 valence electrons. The first-order valence-electron chi connectivity index (χ1n) is 11.4. The summed E-state index contributed by atoms with van der Waals surface area (Å²) >= 11 is 1.60. The summed E-state index contributed by atoms with van der Waals surface area (Å²) < 4.78 is 23.7. The number of ether oxygens (including phenoxy) is 1. The number of nitrogens with zero attached hydrogens (tertiary/aromatic N) is 3. The van der Waals surface area contributed by atoms with Crippen LogP contribution in [0.1, 0.15) is 51.6 Å². The molecule has 2 heterocycles. The lowest BCUT2D eigenvalue weighted by atomic mass is 10.0. The second-order valence-electron chi connectivity index (χ2n) is 8.45. The second-order valence-corrected chi connectivity index (χ2v) is 9.55. The number of hydrogen-bond donors (Lipinski definition) is 2. The van der Waals surface area contributed by atoms with Crippen molar-refractivity contribution in [1.82, 2.24) is 15.0 Å². The lowest BCUT2D eigenvalue weighted by Crippen LogP contribution is -2.22. The summed E-state index contributed by atoms with van der Waals surface area (Å²) in [6.45, 7) is 5.76. The Balaban J connectivity index is 1.46. The van der Waals surface area contributed by atoms with E-state index in [1.165, 1.54) is 18.9 Å². The molecule has 0 saturated heterocycles. The second kappa shape index (κ2) is 10.8. The van der Waals surface area contributed by atoms with Crippen LogP contribution < -0.4 is 14.8 Å². The number of amides is 1. The summed E-state index contributed by atoms with van der Waals surface area (Å²) in [6, 6.07) is 8.23. The molecular weight excluding hydrogens is 453 g/mol. The molecule has 0 radical (unpaired) electrons. The van der Waals surface area contributed by atoms with Gasteiger partial charge in [-0.3, -0.25) is 14.5 Å². The standard InChI is InChI=1S/C25H28FN5O2S/c1-4-20(22-9-10-28-25(30-22)31-34-19-6-7-19)24(32)29-23-8-5-16(12-21(23)26)17-11-18(14-27-13-17)33-15(2)3/h5,8-15,19-20H,4,6-7H2,1-3H3,(H,29,32)(H,28,30,31). The maximum atomic E-state index is 14.9. The quantitative estimate of drug-likeness (QED) is 0.353. The van der Waals surface area contributed by atoms with Gasteiger partial charge in [-0.1, -0.05) is 13.0 Å². The van der Waals surface area contributed by atoms with Gasteiger partial charge in [-0.05, 0) is 74.9 Å². The van der Waals surface area contributed by atoms with E-state index in [0.717, 1.165) is 5.56 Å². The molecule has 7 nitrogen and oxygen atoms in total. The summed E-state index contributed by atoms with van der Waals surface area (Å²) in [4.78, 5) is 25.9. The number of anilines is 2. The number of halogens is 1. The van der Waals surface area contributed by atoms with Gasteiger partial charge in [0.1, 0.15) is 11.6 Å². The van der Waals surface area contributed by atoms with Gasteiger partial charge in [0.05, 0.1) is 29.6 Å². The highest BCUT2D eigenvalue weighted by molar-refractivity contribution is 8.01. The van der Waals surface area contributed by atoms with Crippen LogP contribution in [-0.2, 0) is 4.79 Å². The van der Waals surface area contributed by atoms with E-state index in [9.17, 15) is 9.18 Å². The Morgan fingerprint density at radius 1 is 1.21 bits per heavy atom. The highest BCUT2D eigenvalue weighted by Crippen LogP contribution is 2.34. The van der Waals surface area contributed by atoms with Crippen LogP contribution in [0.4, 0.5) is 16.0 Å². The number of aromatic nitrogens is 3. The van der Waals surface area contributed by atoms with Crippen molar-refractivity contribution in [3.8, 4) is 16.9 Å². The Morgan fingerprint density at radius 3 is 2.74 bits per heavy atom. The van der Waals surface area contributed by atoms with Crippen LogP contribution >= 0.6 is 11.9 Å². The molecule has 1 saturated carbocycles. The number of hydrogen-bond acceptors (Lipinski definition) is 7. The number of carbonyl (C=O) groups is 1. The Labute approximate surface area is 203 Å². The van der Waals surface area contributed by atoms with Crippen molar-refractivity contribution in [2.24, 2.45) is 0 Å². The van der Waals surface area contributed by atoms with Crippen molar-refractivity contribution >= 4 is 29.5 Å². The number of nitrogens with one attached hydrogen (secondary N) is 2. The highest BCUT2D eigenvalue weighted by Gasteiger charge is 2.24. The van der Waals surface area contributed by atoms with Crippen LogP contribution in [0.2, 0.25) is 0 Å². The average Bonchev–Trinajstić information content (AvgIpc) is 3.64. The van der Waals surface area contributed by atoms with E-state index in [1.54, 1.807) is 48.7 Å². The maximum Gasteiger partial charge on any atom is 0.233 e. The molecule has 3 aromatic rings. The lowest BCUT2D eigenvalue weighted by Gasteiger charge is -2.16. The van der Waals surface area contributed by atoms with Crippen LogP contribution in [0.25, 0.3) is 11.1 Å². The third kappa shape index (κ3) is 6.22. The minimum absolute atomic E-state index is 0.0107. The predicted molar refractivity (Wildman–Crippen MR) is 133 cm³/mol. The summed E-state index contributed by atoms with van der Waals surface area (Å²) in [6.07, 6.45) is 7.82. The van der Waals surface area contributed by atoms with Gasteiger partial charge in [-0.2, -0.15) is 0 Å². The number of carbonyl (C=O) groups excluding carboxylic acids is 1. The first-order valence-corrected chi connectivity index (χ1v) is 12.3. The molecule has 2 N–H and O–H groups in total. The smallest absolute Gasteiger partial charge is 0.233 e. The van der Waals surface area contributed by atoms with Crippen LogP contribution in [0, 0.1) is 5.82 Å². The molecule has 1 fully saturated rings. The summed E-state index contributed by atoms with van der Waals surface area (Å²) in [5.41, 5.74) is 2.08. The van der Waals surface area contributed by atoms with Crippen molar-refractivity contribution in [2.75, 3.05) is 10.0 Å². The van der Waals surface area contributed by atoms with Gasteiger partial charge in [-0.15, -0.1) is 0 Å². The first-order chi connectivity index (χ1) is 16.4. The van der Waals surface area contributed by atoms with Gasteiger partial charge >= 0.3 is 0 Å². The van der Waals surface area contributed by atoms with Crippen molar-refractivity contribution in [1.29, 1.82) is 0 Å².